The highest BCUT2D eigenvalue weighted by Crippen LogP contribution is 2.35. The summed E-state index contributed by atoms with van der Waals surface area (Å²) in [7, 11) is 0. The van der Waals surface area contributed by atoms with Gasteiger partial charge in [-0.1, -0.05) is 0 Å². The summed E-state index contributed by atoms with van der Waals surface area (Å²) < 4.78 is 63.4. The molecule has 7 heteroatoms. The number of rotatable bonds is 2. The number of pyridine rings is 1. The van der Waals surface area contributed by atoms with Gasteiger partial charge in [0, 0.05) is 6.20 Å². The fraction of sp³-hybridized carbons (Fsp3) is 0.286. The molecule has 1 heterocycles. The number of aromatic nitrogens is 1. The molecule has 0 saturated heterocycles. The van der Waals surface area contributed by atoms with Crippen molar-refractivity contribution in [1.29, 1.82) is 0 Å². The van der Waals surface area contributed by atoms with Crippen LogP contribution in [0.1, 0.15) is 5.56 Å². The summed E-state index contributed by atoms with van der Waals surface area (Å²) in [5, 5.41) is 0. The highest BCUT2D eigenvalue weighted by Gasteiger charge is 2.34. The van der Waals surface area contributed by atoms with Crippen LogP contribution in [0.2, 0.25) is 0 Å². The number of hydrogen-bond acceptors (Lipinski definition) is 2. The first-order chi connectivity index (χ1) is 6.41. The molecule has 0 amide bonds. The molecule has 0 aromatic carbocycles. The van der Waals surface area contributed by atoms with Gasteiger partial charge >= 0.3 is 12.8 Å². The van der Waals surface area contributed by atoms with Crippen molar-refractivity contribution in [2.75, 3.05) is 0 Å². The minimum Gasteiger partial charge on any atom is -0.433 e. The largest absolute Gasteiger partial charge is 0.433 e. The summed E-state index contributed by atoms with van der Waals surface area (Å²) >= 11 is 0. The van der Waals surface area contributed by atoms with Crippen LogP contribution < -0.4 is 4.74 Å². The van der Waals surface area contributed by atoms with Gasteiger partial charge < -0.3 is 4.74 Å². The van der Waals surface area contributed by atoms with Crippen molar-refractivity contribution in [3.05, 3.63) is 24.0 Å². The second-order valence-electron chi connectivity index (χ2n) is 2.25. The van der Waals surface area contributed by atoms with E-state index in [1.165, 1.54) is 0 Å². The lowest BCUT2D eigenvalue weighted by Gasteiger charge is -2.11. The molecule has 0 spiro atoms. The highest BCUT2D eigenvalue weighted by molar-refractivity contribution is 5.32. The molecular weight excluding hydrogens is 209 g/mol. The molecule has 0 aliphatic heterocycles. The predicted octanol–water partition coefficient (Wildman–Crippen LogP) is 2.70. The summed E-state index contributed by atoms with van der Waals surface area (Å²) in [5.74, 6) is -0.977. The van der Waals surface area contributed by atoms with Gasteiger partial charge in [-0.25, -0.2) is 0 Å². The van der Waals surface area contributed by atoms with Crippen molar-refractivity contribution >= 4 is 0 Å². The topological polar surface area (TPSA) is 22.1 Å². The molecule has 14 heavy (non-hydrogen) atoms. The molecule has 0 aliphatic carbocycles. The summed E-state index contributed by atoms with van der Waals surface area (Å²) in [6.45, 7) is -3.31. The van der Waals surface area contributed by atoms with Crippen LogP contribution in [-0.2, 0) is 6.18 Å². The van der Waals surface area contributed by atoms with E-state index in [0.29, 0.717) is 12.3 Å². The Morgan fingerprint density at radius 2 is 1.93 bits per heavy atom. The van der Waals surface area contributed by atoms with Crippen LogP contribution in [0.15, 0.2) is 18.5 Å². The third-order valence-electron chi connectivity index (χ3n) is 1.31. The fourth-order valence-corrected chi connectivity index (χ4v) is 0.804. The summed E-state index contributed by atoms with van der Waals surface area (Å²) in [5.41, 5.74) is -1.27. The van der Waals surface area contributed by atoms with Crippen molar-refractivity contribution in [3.8, 4) is 5.75 Å². The molecule has 0 bridgehead atoms. The van der Waals surface area contributed by atoms with E-state index in [1.54, 1.807) is 0 Å². The zero-order chi connectivity index (χ0) is 10.8. The summed E-state index contributed by atoms with van der Waals surface area (Å²) in [4.78, 5) is 3.25. The number of halogens is 5. The van der Waals surface area contributed by atoms with E-state index in [-0.39, 0.29) is 0 Å². The standard InChI is InChI=1S/C7H4F5NO/c8-6(9)14-5-3-13-2-1-4(5)7(10,11)12/h1-3,6H. The zero-order valence-electron chi connectivity index (χ0n) is 6.55. The molecule has 78 valence electrons. The van der Waals surface area contributed by atoms with Gasteiger partial charge in [0.25, 0.3) is 0 Å². The van der Waals surface area contributed by atoms with Crippen molar-refractivity contribution in [2.45, 2.75) is 12.8 Å². The second kappa shape index (κ2) is 3.77. The van der Waals surface area contributed by atoms with Crippen LogP contribution in [-0.4, -0.2) is 11.6 Å². The quantitative estimate of drug-likeness (QED) is 0.704. The summed E-state index contributed by atoms with van der Waals surface area (Å²) in [6, 6.07) is 0.567. The average molecular weight is 213 g/mol. The van der Waals surface area contributed by atoms with Gasteiger partial charge in [0.2, 0.25) is 0 Å². The molecule has 1 rings (SSSR count). The van der Waals surface area contributed by atoms with Crippen LogP contribution in [0.5, 0.6) is 5.75 Å². The Labute approximate surface area is 75.3 Å². The lowest BCUT2D eigenvalue weighted by Crippen LogP contribution is -2.11. The minimum atomic E-state index is -4.73. The van der Waals surface area contributed by atoms with E-state index < -0.39 is 24.1 Å². The SMILES string of the molecule is FC(F)Oc1cnccc1C(F)(F)F. The van der Waals surface area contributed by atoms with Crippen molar-refractivity contribution in [3.63, 3.8) is 0 Å². The lowest BCUT2D eigenvalue weighted by molar-refractivity contribution is -0.142. The zero-order valence-corrected chi connectivity index (χ0v) is 6.55. The van der Waals surface area contributed by atoms with E-state index in [2.05, 4.69) is 9.72 Å². The average Bonchev–Trinajstić information content (AvgIpc) is 2.01. The van der Waals surface area contributed by atoms with Gasteiger partial charge in [0.05, 0.1) is 6.20 Å². The van der Waals surface area contributed by atoms with Crippen molar-refractivity contribution in [2.24, 2.45) is 0 Å². The Kier molecular flexibility index (Phi) is 2.87. The maximum Gasteiger partial charge on any atom is 0.420 e. The first-order valence-electron chi connectivity index (χ1n) is 3.37. The van der Waals surface area contributed by atoms with Crippen LogP contribution in [0.4, 0.5) is 22.0 Å². The Morgan fingerprint density at radius 1 is 1.29 bits per heavy atom. The first kappa shape index (κ1) is 10.7. The van der Waals surface area contributed by atoms with Gasteiger partial charge in [-0.2, -0.15) is 22.0 Å². The molecule has 1 aromatic heterocycles. The number of alkyl halides is 5. The third-order valence-corrected chi connectivity index (χ3v) is 1.31. The Bertz CT molecular complexity index is 311. The number of nitrogens with zero attached hydrogens (tertiary/aromatic N) is 1. The maximum atomic E-state index is 12.1. The van der Waals surface area contributed by atoms with Crippen LogP contribution in [0, 0.1) is 0 Å². The molecule has 0 aliphatic rings. The number of hydrogen-bond donors (Lipinski definition) is 0. The van der Waals surface area contributed by atoms with Gasteiger partial charge in [-0.15, -0.1) is 0 Å². The Hall–Kier alpha value is -1.40. The first-order valence-corrected chi connectivity index (χ1v) is 3.37. The molecule has 0 atom stereocenters. The monoisotopic (exact) mass is 213 g/mol. The third kappa shape index (κ3) is 2.54. The van der Waals surface area contributed by atoms with E-state index in [1.807, 2.05) is 0 Å². The van der Waals surface area contributed by atoms with Crippen LogP contribution in [0.3, 0.4) is 0 Å². The highest BCUT2D eigenvalue weighted by atomic mass is 19.4. The Balaban J connectivity index is 3.04. The van der Waals surface area contributed by atoms with Crippen molar-refractivity contribution in [1.82, 2.24) is 4.98 Å². The molecule has 0 fully saturated rings. The molecule has 2 nitrogen and oxygen atoms in total. The van der Waals surface area contributed by atoms with E-state index in [4.69, 9.17) is 0 Å². The van der Waals surface area contributed by atoms with E-state index in [9.17, 15) is 22.0 Å². The van der Waals surface area contributed by atoms with Gasteiger partial charge in [-0.05, 0) is 6.07 Å². The molecular formula is C7H4F5NO. The fourth-order valence-electron chi connectivity index (χ4n) is 0.804. The molecule has 0 radical (unpaired) electrons. The lowest BCUT2D eigenvalue weighted by atomic mass is 10.2. The summed E-state index contributed by atoms with van der Waals surface area (Å²) in [6.07, 6.45) is -3.29. The Morgan fingerprint density at radius 3 is 2.43 bits per heavy atom. The van der Waals surface area contributed by atoms with E-state index in [0.717, 1.165) is 6.20 Å². The van der Waals surface area contributed by atoms with E-state index >= 15 is 0 Å². The molecule has 1 aromatic rings. The maximum absolute atomic E-state index is 12.1. The van der Waals surface area contributed by atoms with Crippen LogP contribution >= 0.6 is 0 Å². The van der Waals surface area contributed by atoms with Gasteiger partial charge in [0.1, 0.15) is 5.56 Å². The van der Waals surface area contributed by atoms with Gasteiger partial charge in [-0.3, -0.25) is 4.98 Å². The molecule has 0 N–H and O–H groups in total. The second-order valence-corrected chi connectivity index (χ2v) is 2.25. The van der Waals surface area contributed by atoms with Crippen molar-refractivity contribution < 1.29 is 26.7 Å². The smallest absolute Gasteiger partial charge is 0.420 e. The molecule has 0 unspecified atom stereocenters. The predicted molar refractivity (Wildman–Crippen MR) is 35.9 cm³/mol. The molecule has 0 saturated carbocycles. The van der Waals surface area contributed by atoms with Crippen LogP contribution in [0.25, 0.3) is 0 Å². The van der Waals surface area contributed by atoms with Gasteiger partial charge in [0.15, 0.2) is 5.75 Å². The minimum absolute atomic E-state index is 0.567. The number of ether oxygens (including phenoxy) is 1. The normalized spacial score (nSPS) is 11.9.